The molecule has 0 spiro atoms. The SMILES string of the molecule is CCc1ccc2oc(C(O)C(C)C)cc2c1. The predicted octanol–water partition coefficient (Wildman–Crippen LogP) is 3.68. The van der Waals surface area contributed by atoms with Crippen molar-refractivity contribution in [2.24, 2.45) is 5.92 Å². The Morgan fingerprint density at radius 1 is 1.25 bits per heavy atom. The molecule has 0 saturated heterocycles. The molecule has 2 nitrogen and oxygen atoms in total. The molecule has 2 rings (SSSR count). The summed E-state index contributed by atoms with van der Waals surface area (Å²) in [5.41, 5.74) is 2.14. The molecular formula is C14H18O2. The topological polar surface area (TPSA) is 33.4 Å². The van der Waals surface area contributed by atoms with Gasteiger partial charge in [-0.1, -0.05) is 26.8 Å². The lowest BCUT2D eigenvalue weighted by atomic mass is 10.0. The monoisotopic (exact) mass is 218 g/mol. The molecule has 0 fully saturated rings. The Hall–Kier alpha value is -1.28. The van der Waals surface area contributed by atoms with E-state index in [1.54, 1.807) is 0 Å². The second-order valence-corrected chi connectivity index (χ2v) is 4.56. The van der Waals surface area contributed by atoms with Crippen LogP contribution in [0.2, 0.25) is 0 Å². The van der Waals surface area contributed by atoms with E-state index in [1.807, 2.05) is 26.0 Å². The van der Waals surface area contributed by atoms with Crippen molar-refractivity contribution in [3.05, 3.63) is 35.6 Å². The summed E-state index contributed by atoms with van der Waals surface area (Å²) in [7, 11) is 0. The lowest BCUT2D eigenvalue weighted by Crippen LogP contribution is -2.03. The van der Waals surface area contributed by atoms with Crippen molar-refractivity contribution in [3.63, 3.8) is 0 Å². The molecule has 2 heteroatoms. The summed E-state index contributed by atoms with van der Waals surface area (Å²) in [6.45, 7) is 6.09. The molecule has 1 heterocycles. The van der Waals surface area contributed by atoms with Gasteiger partial charge in [0.05, 0.1) is 0 Å². The van der Waals surface area contributed by atoms with E-state index in [2.05, 4.69) is 19.1 Å². The highest BCUT2D eigenvalue weighted by Gasteiger charge is 2.16. The zero-order valence-corrected chi connectivity index (χ0v) is 10.0. The van der Waals surface area contributed by atoms with Gasteiger partial charge in [0.15, 0.2) is 0 Å². The Labute approximate surface area is 95.9 Å². The zero-order chi connectivity index (χ0) is 11.7. The fourth-order valence-corrected chi connectivity index (χ4v) is 1.81. The standard InChI is InChI=1S/C14H18O2/c1-4-10-5-6-12-11(7-10)8-13(16-12)14(15)9(2)3/h5-9,14-15H,4H2,1-3H3. The maximum absolute atomic E-state index is 9.93. The maximum Gasteiger partial charge on any atom is 0.134 e. The van der Waals surface area contributed by atoms with E-state index in [0.29, 0.717) is 5.76 Å². The van der Waals surface area contributed by atoms with Crippen LogP contribution < -0.4 is 0 Å². The van der Waals surface area contributed by atoms with E-state index < -0.39 is 6.10 Å². The summed E-state index contributed by atoms with van der Waals surface area (Å²) in [5.74, 6) is 0.837. The lowest BCUT2D eigenvalue weighted by Gasteiger charge is -2.10. The number of furan rings is 1. The van der Waals surface area contributed by atoms with E-state index in [0.717, 1.165) is 17.4 Å². The third-order valence-electron chi connectivity index (χ3n) is 2.93. The van der Waals surface area contributed by atoms with Gasteiger partial charge < -0.3 is 9.52 Å². The molecule has 0 aliphatic heterocycles. The quantitative estimate of drug-likeness (QED) is 0.852. The lowest BCUT2D eigenvalue weighted by molar-refractivity contribution is 0.104. The summed E-state index contributed by atoms with van der Waals surface area (Å²) in [4.78, 5) is 0. The fraction of sp³-hybridized carbons (Fsp3) is 0.429. The average Bonchev–Trinajstić information content (AvgIpc) is 2.69. The van der Waals surface area contributed by atoms with E-state index in [4.69, 9.17) is 4.42 Å². The van der Waals surface area contributed by atoms with Crippen molar-refractivity contribution in [3.8, 4) is 0 Å². The number of fused-ring (bicyclic) bond motifs is 1. The molecule has 2 aromatic rings. The molecule has 86 valence electrons. The molecule has 16 heavy (non-hydrogen) atoms. The highest BCUT2D eigenvalue weighted by Crippen LogP contribution is 2.28. The minimum Gasteiger partial charge on any atom is -0.458 e. The van der Waals surface area contributed by atoms with E-state index >= 15 is 0 Å². The highest BCUT2D eigenvalue weighted by molar-refractivity contribution is 5.78. The first-order valence-electron chi connectivity index (χ1n) is 5.82. The van der Waals surface area contributed by atoms with Crippen molar-refractivity contribution >= 4 is 11.0 Å². The molecule has 0 bridgehead atoms. The Kier molecular flexibility index (Phi) is 3.01. The summed E-state index contributed by atoms with van der Waals surface area (Å²) in [5, 5.41) is 11.0. The Balaban J connectivity index is 2.43. The second kappa shape index (κ2) is 4.30. The molecule has 1 aromatic carbocycles. The van der Waals surface area contributed by atoms with Crippen LogP contribution in [0.15, 0.2) is 28.7 Å². The van der Waals surface area contributed by atoms with Gasteiger partial charge in [-0.05, 0) is 36.1 Å². The minimum atomic E-state index is -0.516. The molecule has 0 radical (unpaired) electrons. The number of aliphatic hydroxyl groups is 1. The maximum atomic E-state index is 9.93. The van der Waals surface area contributed by atoms with Crippen LogP contribution in [0.25, 0.3) is 11.0 Å². The smallest absolute Gasteiger partial charge is 0.134 e. The Bertz CT molecular complexity index is 482. The molecule has 1 atom stereocenters. The molecule has 1 unspecified atom stereocenters. The van der Waals surface area contributed by atoms with Gasteiger partial charge in [-0.15, -0.1) is 0 Å². The number of benzene rings is 1. The van der Waals surface area contributed by atoms with E-state index in [1.165, 1.54) is 5.56 Å². The highest BCUT2D eigenvalue weighted by atomic mass is 16.4. The molecule has 1 N–H and O–H groups in total. The van der Waals surface area contributed by atoms with Crippen LogP contribution in [-0.2, 0) is 6.42 Å². The van der Waals surface area contributed by atoms with Crippen LogP contribution >= 0.6 is 0 Å². The summed E-state index contributed by atoms with van der Waals surface area (Å²) in [6.07, 6.45) is 0.501. The molecular weight excluding hydrogens is 200 g/mol. The zero-order valence-electron chi connectivity index (χ0n) is 10.0. The summed E-state index contributed by atoms with van der Waals surface area (Å²) >= 11 is 0. The van der Waals surface area contributed by atoms with Crippen LogP contribution in [0.4, 0.5) is 0 Å². The molecule has 0 amide bonds. The predicted molar refractivity (Wildman–Crippen MR) is 65.4 cm³/mol. The normalized spacial score (nSPS) is 13.6. The largest absolute Gasteiger partial charge is 0.458 e. The summed E-state index contributed by atoms with van der Waals surface area (Å²) in [6, 6.07) is 8.11. The Morgan fingerprint density at radius 2 is 2.00 bits per heavy atom. The van der Waals surface area contributed by atoms with Gasteiger partial charge in [0, 0.05) is 5.39 Å². The van der Waals surface area contributed by atoms with Crippen LogP contribution in [0.1, 0.15) is 38.2 Å². The minimum absolute atomic E-state index is 0.172. The third-order valence-corrected chi connectivity index (χ3v) is 2.93. The van der Waals surface area contributed by atoms with Crippen molar-refractivity contribution in [1.29, 1.82) is 0 Å². The van der Waals surface area contributed by atoms with Crippen LogP contribution in [0.3, 0.4) is 0 Å². The first-order chi connectivity index (χ1) is 7.61. The Morgan fingerprint density at radius 3 is 2.62 bits per heavy atom. The van der Waals surface area contributed by atoms with Crippen LogP contribution in [0.5, 0.6) is 0 Å². The van der Waals surface area contributed by atoms with Gasteiger partial charge in [0.25, 0.3) is 0 Å². The summed E-state index contributed by atoms with van der Waals surface area (Å²) < 4.78 is 5.64. The first-order valence-corrected chi connectivity index (χ1v) is 5.82. The first kappa shape index (κ1) is 11.2. The van der Waals surface area contributed by atoms with Crippen molar-refractivity contribution in [2.45, 2.75) is 33.3 Å². The fourth-order valence-electron chi connectivity index (χ4n) is 1.81. The van der Waals surface area contributed by atoms with Crippen LogP contribution in [-0.4, -0.2) is 5.11 Å². The number of aryl methyl sites for hydroxylation is 1. The number of hydrogen-bond donors (Lipinski definition) is 1. The third kappa shape index (κ3) is 1.98. The number of rotatable bonds is 3. The second-order valence-electron chi connectivity index (χ2n) is 4.56. The van der Waals surface area contributed by atoms with Gasteiger partial charge >= 0.3 is 0 Å². The van der Waals surface area contributed by atoms with E-state index in [9.17, 15) is 5.11 Å². The average molecular weight is 218 g/mol. The van der Waals surface area contributed by atoms with Crippen molar-refractivity contribution in [1.82, 2.24) is 0 Å². The molecule has 0 saturated carbocycles. The van der Waals surface area contributed by atoms with E-state index in [-0.39, 0.29) is 5.92 Å². The van der Waals surface area contributed by atoms with Gasteiger partial charge in [0.1, 0.15) is 17.4 Å². The molecule has 0 aliphatic rings. The van der Waals surface area contributed by atoms with Crippen LogP contribution in [0, 0.1) is 5.92 Å². The van der Waals surface area contributed by atoms with Gasteiger partial charge in [-0.2, -0.15) is 0 Å². The molecule has 0 aliphatic carbocycles. The van der Waals surface area contributed by atoms with Crippen molar-refractivity contribution in [2.75, 3.05) is 0 Å². The van der Waals surface area contributed by atoms with Gasteiger partial charge in [-0.25, -0.2) is 0 Å². The number of aliphatic hydroxyl groups excluding tert-OH is 1. The van der Waals surface area contributed by atoms with Gasteiger partial charge in [0.2, 0.25) is 0 Å². The number of hydrogen-bond acceptors (Lipinski definition) is 2. The van der Waals surface area contributed by atoms with Gasteiger partial charge in [-0.3, -0.25) is 0 Å². The van der Waals surface area contributed by atoms with Crippen molar-refractivity contribution < 1.29 is 9.52 Å². The molecule has 1 aromatic heterocycles.